The monoisotopic (exact) mass is 300 g/mol. The number of nitro groups is 1. The van der Waals surface area contributed by atoms with Crippen molar-refractivity contribution < 1.29 is 17.8 Å². The van der Waals surface area contributed by atoms with Gasteiger partial charge in [-0.15, -0.1) is 0 Å². The van der Waals surface area contributed by atoms with Crippen molar-refractivity contribution in [2.24, 2.45) is 5.14 Å². The minimum absolute atomic E-state index is 0.0885. The van der Waals surface area contributed by atoms with Crippen LogP contribution in [0.2, 0.25) is 0 Å². The smallest absolute Gasteiger partial charge is 0.295 e. The van der Waals surface area contributed by atoms with Gasteiger partial charge in [0.25, 0.3) is 11.7 Å². The maximum Gasteiger partial charge on any atom is 0.295 e. The number of nitrogens with two attached hydrogens (primary N) is 1. The van der Waals surface area contributed by atoms with E-state index in [1.54, 1.807) is 0 Å². The van der Waals surface area contributed by atoms with E-state index in [9.17, 15) is 18.5 Å². The Morgan fingerprint density at radius 1 is 1.45 bits per heavy atom. The number of benzene rings is 1. The number of nitrogens with one attached hydrogen (secondary N) is 1. The first-order valence-electron chi connectivity index (χ1n) is 5.64. The summed E-state index contributed by atoms with van der Waals surface area (Å²) in [6, 6.07) is 4.26. The fraction of sp³-hybridized carbons (Fsp3) is 0.300. The first kappa shape index (κ1) is 14.2. The highest BCUT2D eigenvalue weighted by atomic mass is 32.2. The number of oxazole rings is 1. The van der Waals surface area contributed by atoms with E-state index in [4.69, 9.17) is 9.56 Å². The molecule has 0 saturated heterocycles. The number of nitro benzene ring substituents is 1. The van der Waals surface area contributed by atoms with Crippen molar-refractivity contribution in [1.29, 1.82) is 0 Å². The molecule has 0 unspecified atom stereocenters. The lowest BCUT2D eigenvalue weighted by Gasteiger charge is -1.99. The Morgan fingerprint density at radius 3 is 2.85 bits per heavy atom. The number of rotatable bonds is 6. The number of primary sulfonamides is 1. The van der Waals surface area contributed by atoms with Gasteiger partial charge in [-0.2, -0.15) is 4.98 Å². The molecule has 0 aliphatic carbocycles. The molecule has 2 rings (SSSR count). The van der Waals surface area contributed by atoms with Gasteiger partial charge in [-0.05, 0) is 12.5 Å². The molecule has 0 saturated carbocycles. The molecule has 1 aromatic carbocycles. The second-order valence-electron chi connectivity index (χ2n) is 4.08. The van der Waals surface area contributed by atoms with Crippen LogP contribution in [0.1, 0.15) is 6.42 Å². The predicted molar refractivity (Wildman–Crippen MR) is 71.7 cm³/mol. The van der Waals surface area contributed by atoms with Gasteiger partial charge in [0.15, 0.2) is 5.58 Å². The summed E-state index contributed by atoms with van der Waals surface area (Å²) in [4.78, 5) is 14.2. The molecule has 20 heavy (non-hydrogen) atoms. The molecule has 1 heterocycles. The highest BCUT2D eigenvalue weighted by Crippen LogP contribution is 2.23. The highest BCUT2D eigenvalue weighted by Gasteiger charge is 2.11. The summed E-state index contributed by atoms with van der Waals surface area (Å²) in [6.07, 6.45) is 0.303. The molecule has 0 aliphatic rings. The second kappa shape index (κ2) is 5.43. The van der Waals surface area contributed by atoms with E-state index in [1.807, 2.05) is 0 Å². The van der Waals surface area contributed by atoms with E-state index in [-0.39, 0.29) is 23.0 Å². The molecule has 0 radical (unpaired) electrons. The van der Waals surface area contributed by atoms with Crippen molar-refractivity contribution >= 4 is 32.8 Å². The van der Waals surface area contributed by atoms with Crippen LogP contribution in [0.15, 0.2) is 22.6 Å². The number of hydrogen-bond donors (Lipinski definition) is 2. The molecular weight excluding hydrogens is 288 g/mol. The van der Waals surface area contributed by atoms with Crippen LogP contribution in [0, 0.1) is 10.1 Å². The van der Waals surface area contributed by atoms with Gasteiger partial charge < -0.3 is 9.73 Å². The third-order valence-corrected chi connectivity index (χ3v) is 3.32. The van der Waals surface area contributed by atoms with Crippen molar-refractivity contribution in [3.8, 4) is 0 Å². The van der Waals surface area contributed by atoms with Crippen LogP contribution >= 0.6 is 0 Å². The van der Waals surface area contributed by atoms with Crippen LogP contribution in [0.4, 0.5) is 11.7 Å². The molecule has 0 aliphatic heterocycles. The normalized spacial score (nSPS) is 11.7. The van der Waals surface area contributed by atoms with E-state index >= 15 is 0 Å². The number of fused-ring (bicyclic) bond motifs is 1. The Kier molecular flexibility index (Phi) is 3.86. The zero-order chi connectivity index (χ0) is 14.8. The Morgan fingerprint density at radius 2 is 2.20 bits per heavy atom. The van der Waals surface area contributed by atoms with E-state index < -0.39 is 14.9 Å². The number of anilines is 1. The molecule has 0 atom stereocenters. The third kappa shape index (κ3) is 3.65. The van der Waals surface area contributed by atoms with Gasteiger partial charge in [0.2, 0.25) is 10.0 Å². The van der Waals surface area contributed by atoms with E-state index in [0.717, 1.165) is 0 Å². The quantitative estimate of drug-likeness (QED) is 0.457. The van der Waals surface area contributed by atoms with E-state index in [1.165, 1.54) is 18.2 Å². The molecule has 0 amide bonds. The lowest BCUT2D eigenvalue weighted by Crippen LogP contribution is -2.18. The summed E-state index contributed by atoms with van der Waals surface area (Å²) in [5.74, 6) is -0.147. The van der Waals surface area contributed by atoms with Gasteiger partial charge in [-0.1, -0.05) is 0 Å². The number of non-ortho nitro benzene ring substituents is 1. The standard InChI is InChI=1S/C10H12N4O5S/c11-20(17,18)5-1-4-12-10-13-8-3-2-7(14(15)16)6-9(8)19-10/h2-3,6H,1,4-5H2,(H,12,13)(H2,11,17,18). The first-order valence-corrected chi connectivity index (χ1v) is 7.36. The van der Waals surface area contributed by atoms with Gasteiger partial charge >= 0.3 is 0 Å². The Balaban J connectivity index is 2.03. The number of nitrogens with zero attached hydrogens (tertiary/aromatic N) is 2. The SMILES string of the molecule is NS(=O)(=O)CCCNc1nc2ccc([N+](=O)[O-])cc2o1. The highest BCUT2D eigenvalue weighted by molar-refractivity contribution is 7.89. The maximum absolute atomic E-state index is 10.7. The minimum Gasteiger partial charge on any atom is -0.423 e. The van der Waals surface area contributed by atoms with Crippen LogP contribution in [0.25, 0.3) is 11.1 Å². The zero-order valence-corrected chi connectivity index (χ0v) is 11.1. The molecule has 108 valence electrons. The van der Waals surface area contributed by atoms with Crippen molar-refractivity contribution in [3.05, 3.63) is 28.3 Å². The Labute approximate surface area is 114 Å². The zero-order valence-electron chi connectivity index (χ0n) is 10.3. The molecule has 9 nitrogen and oxygen atoms in total. The summed E-state index contributed by atoms with van der Waals surface area (Å²) in [7, 11) is -3.48. The third-order valence-electron chi connectivity index (χ3n) is 2.46. The largest absolute Gasteiger partial charge is 0.423 e. The Hall–Kier alpha value is -2.20. The predicted octanol–water partition coefficient (Wildman–Crippen LogP) is 0.826. The first-order chi connectivity index (χ1) is 9.35. The fourth-order valence-corrected chi connectivity index (χ4v) is 2.12. The molecular formula is C10H12N4O5S. The van der Waals surface area contributed by atoms with Crippen LogP contribution in [0.5, 0.6) is 0 Å². The van der Waals surface area contributed by atoms with Crippen LogP contribution in [-0.2, 0) is 10.0 Å². The van der Waals surface area contributed by atoms with E-state index in [2.05, 4.69) is 10.3 Å². The van der Waals surface area contributed by atoms with Crippen molar-refractivity contribution in [2.45, 2.75) is 6.42 Å². The van der Waals surface area contributed by atoms with Crippen LogP contribution in [0.3, 0.4) is 0 Å². The summed E-state index contributed by atoms with van der Waals surface area (Å²) < 4.78 is 26.7. The van der Waals surface area contributed by atoms with Gasteiger partial charge in [0.05, 0.1) is 16.7 Å². The van der Waals surface area contributed by atoms with Crippen molar-refractivity contribution in [2.75, 3.05) is 17.6 Å². The molecule has 10 heteroatoms. The topological polar surface area (TPSA) is 141 Å². The van der Waals surface area contributed by atoms with Gasteiger partial charge in [-0.3, -0.25) is 10.1 Å². The van der Waals surface area contributed by atoms with Gasteiger partial charge in [0, 0.05) is 12.6 Å². The summed E-state index contributed by atoms with van der Waals surface area (Å²) in [6.45, 7) is 0.311. The van der Waals surface area contributed by atoms with E-state index in [0.29, 0.717) is 18.5 Å². The minimum atomic E-state index is -3.48. The van der Waals surface area contributed by atoms with Crippen molar-refractivity contribution in [1.82, 2.24) is 4.98 Å². The summed E-state index contributed by atoms with van der Waals surface area (Å²) >= 11 is 0. The molecule has 3 N–H and O–H groups in total. The average Bonchev–Trinajstić information content (AvgIpc) is 2.75. The summed E-state index contributed by atoms with van der Waals surface area (Å²) in [5, 5.41) is 18.3. The number of sulfonamides is 1. The number of aromatic nitrogens is 1. The van der Waals surface area contributed by atoms with Gasteiger partial charge in [0.1, 0.15) is 5.52 Å². The Bertz CT molecular complexity index is 739. The fourth-order valence-electron chi connectivity index (χ4n) is 1.57. The lowest BCUT2D eigenvalue weighted by molar-refractivity contribution is -0.384. The number of hydrogen-bond acceptors (Lipinski definition) is 7. The lowest BCUT2D eigenvalue weighted by atomic mass is 10.3. The van der Waals surface area contributed by atoms with Crippen LogP contribution in [-0.4, -0.2) is 30.6 Å². The van der Waals surface area contributed by atoms with Crippen molar-refractivity contribution in [3.63, 3.8) is 0 Å². The maximum atomic E-state index is 10.7. The molecule has 0 spiro atoms. The molecule has 0 bridgehead atoms. The molecule has 1 aromatic heterocycles. The van der Waals surface area contributed by atoms with Gasteiger partial charge in [-0.25, -0.2) is 13.6 Å². The van der Waals surface area contributed by atoms with Crippen LogP contribution < -0.4 is 10.5 Å². The molecule has 2 aromatic rings. The second-order valence-corrected chi connectivity index (χ2v) is 5.81. The molecule has 0 fully saturated rings. The summed E-state index contributed by atoms with van der Waals surface area (Å²) in [5.41, 5.74) is 0.673. The average molecular weight is 300 g/mol.